The highest BCUT2D eigenvalue weighted by Crippen LogP contribution is 2.28. The number of amides is 1. The third-order valence-electron chi connectivity index (χ3n) is 5.54. The fourth-order valence-electron chi connectivity index (χ4n) is 3.79. The highest BCUT2D eigenvalue weighted by Gasteiger charge is 2.13. The molecular weight excluding hydrogens is 414 g/mol. The minimum atomic E-state index is -0.193. The number of nitrogens with one attached hydrogen (secondary N) is 2. The number of hydrogen-bond donors (Lipinski definition) is 3. The fraction of sp³-hybridized carbons (Fsp3) is 0.269. The number of aromatic amines is 1. The summed E-state index contributed by atoms with van der Waals surface area (Å²) in [6.45, 7) is 7.14. The van der Waals surface area contributed by atoms with Crippen molar-refractivity contribution >= 4 is 22.6 Å². The van der Waals surface area contributed by atoms with Gasteiger partial charge in [0.25, 0.3) is 5.91 Å². The van der Waals surface area contributed by atoms with E-state index in [4.69, 9.17) is 15.5 Å². The maximum atomic E-state index is 13.0. The summed E-state index contributed by atoms with van der Waals surface area (Å²) in [6, 6.07) is 15.4. The van der Waals surface area contributed by atoms with E-state index < -0.39 is 0 Å². The van der Waals surface area contributed by atoms with Crippen LogP contribution in [0.4, 0.5) is 5.69 Å². The zero-order valence-electron chi connectivity index (χ0n) is 19.2. The zero-order chi connectivity index (χ0) is 23.4. The van der Waals surface area contributed by atoms with E-state index in [1.54, 1.807) is 6.07 Å². The van der Waals surface area contributed by atoms with Crippen LogP contribution in [-0.4, -0.2) is 34.2 Å². The summed E-state index contributed by atoms with van der Waals surface area (Å²) in [5.74, 6) is 0.475. The number of nitrogens with two attached hydrogens (primary N) is 1. The number of anilines is 1. The highest BCUT2D eigenvalue weighted by molar-refractivity contribution is 6.05. The molecule has 0 bridgehead atoms. The number of benzene rings is 2. The molecule has 4 aromatic rings. The van der Waals surface area contributed by atoms with Crippen LogP contribution in [0.3, 0.4) is 0 Å². The predicted molar refractivity (Wildman–Crippen MR) is 132 cm³/mol. The largest absolute Gasteiger partial charge is 0.494 e. The maximum Gasteiger partial charge on any atom is 0.255 e. The van der Waals surface area contributed by atoms with Crippen molar-refractivity contribution in [3.8, 4) is 17.0 Å². The van der Waals surface area contributed by atoms with Gasteiger partial charge in [0.15, 0.2) is 5.65 Å². The Morgan fingerprint density at radius 1 is 1.12 bits per heavy atom. The van der Waals surface area contributed by atoms with Crippen molar-refractivity contribution < 1.29 is 9.53 Å². The Kier molecular flexibility index (Phi) is 6.70. The van der Waals surface area contributed by atoms with Crippen molar-refractivity contribution in [3.63, 3.8) is 0 Å². The van der Waals surface area contributed by atoms with Gasteiger partial charge in [-0.3, -0.25) is 9.89 Å². The Morgan fingerprint density at radius 3 is 2.76 bits per heavy atom. The molecular formula is C26H29N5O2. The molecule has 2 aromatic carbocycles. The van der Waals surface area contributed by atoms with E-state index in [9.17, 15) is 4.79 Å². The van der Waals surface area contributed by atoms with Crippen LogP contribution >= 0.6 is 0 Å². The van der Waals surface area contributed by atoms with Crippen LogP contribution in [0.1, 0.15) is 40.5 Å². The molecule has 7 nitrogen and oxygen atoms in total. The molecule has 33 heavy (non-hydrogen) atoms. The second-order valence-electron chi connectivity index (χ2n) is 8.13. The van der Waals surface area contributed by atoms with Crippen molar-refractivity contribution in [1.29, 1.82) is 0 Å². The molecule has 4 N–H and O–H groups in total. The first kappa shape index (κ1) is 22.5. The van der Waals surface area contributed by atoms with Crippen molar-refractivity contribution in [2.45, 2.75) is 33.6 Å². The number of carbonyl (C=O) groups is 1. The van der Waals surface area contributed by atoms with Crippen LogP contribution in [0.5, 0.6) is 5.75 Å². The molecule has 2 aromatic heterocycles. The van der Waals surface area contributed by atoms with Gasteiger partial charge in [-0.05, 0) is 86.8 Å². The number of aryl methyl sites for hydroxylation is 3. The van der Waals surface area contributed by atoms with Gasteiger partial charge in [0.1, 0.15) is 5.75 Å². The molecule has 0 unspecified atom stereocenters. The fourth-order valence-corrected chi connectivity index (χ4v) is 3.79. The van der Waals surface area contributed by atoms with E-state index in [1.165, 1.54) is 0 Å². The Labute approximate surface area is 193 Å². The molecule has 0 radical (unpaired) electrons. The number of H-pyrrole nitrogens is 1. The monoisotopic (exact) mass is 443 g/mol. The molecule has 1 amide bonds. The number of fused-ring (bicyclic) bond motifs is 1. The summed E-state index contributed by atoms with van der Waals surface area (Å²) in [5, 5.41) is 11.4. The molecule has 170 valence electrons. The number of pyridine rings is 1. The minimum Gasteiger partial charge on any atom is -0.494 e. The lowest BCUT2D eigenvalue weighted by Crippen LogP contribution is -2.13. The first-order valence-electron chi connectivity index (χ1n) is 11.2. The van der Waals surface area contributed by atoms with Crippen LogP contribution in [-0.2, 0) is 6.42 Å². The van der Waals surface area contributed by atoms with Gasteiger partial charge in [0.2, 0.25) is 0 Å². The van der Waals surface area contributed by atoms with E-state index in [0.29, 0.717) is 30.2 Å². The van der Waals surface area contributed by atoms with Crippen LogP contribution in [0, 0.1) is 13.8 Å². The standard InChI is InChI=1S/C26H29N5O2/c1-4-23-21-8-9-24(29-25(21)31-30-23)22-15-19(7-6-17(22)3)28-26(32)18-12-16(2)13-20(14-18)33-11-5-10-27/h6-9,12-15H,4-5,10-11,27H2,1-3H3,(H,28,32)(H,29,30,31). The number of nitrogens with zero attached hydrogens (tertiary/aromatic N) is 2. The first-order valence-corrected chi connectivity index (χ1v) is 11.2. The summed E-state index contributed by atoms with van der Waals surface area (Å²) in [6.07, 6.45) is 1.61. The van der Waals surface area contributed by atoms with Crippen molar-refractivity contribution in [3.05, 3.63) is 70.9 Å². The second-order valence-corrected chi connectivity index (χ2v) is 8.13. The summed E-state index contributed by atoms with van der Waals surface area (Å²) in [7, 11) is 0. The van der Waals surface area contributed by atoms with Gasteiger partial charge in [-0.15, -0.1) is 0 Å². The number of carbonyl (C=O) groups excluding carboxylic acids is 1. The van der Waals surface area contributed by atoms with E-state index in [2.05, 4.69) is 22.4 Å². The quantitative estimate of drug-likeness (QED) is 0.340. The molecule has 0 saturated carbocycles. The smallest absolute Gasteiger partial charge is 0.255 e. The van der Waals surface area contributed by atoms with E-state index in [0.717, 1.165) is 52.0 Å². The molecule has 0 aliphatic heterocycles. The molecule has 0 fully saturated rings. The lowest BCUT2D eigenvalue weighted by atomic mass is 10.0. The van der Waals surface area contributed by atoms with Crippen molar-refractivity contribution in [1.82, 2.24) is 15.2 Å². The van der Waals surface area contributed by atoms with E-state index in [1.807, 2.05) is 56.3 Å². The summed E-state index contributed by atoms with van der Waals surface area (Å²) in [4.78, 5) is 17.7. The summed E-state index contributed by atoms with van der Waals surface area (Å²) < 4.78 is 5.73. The molecule has 0 atom stereocenters. The topological polar surface area (TPSA) is 106 Å². The molecule has 4 rings (SSSR count). The average molecular weight is 444 g/mol. The molecule has 0 aliphatic carbocycles. The van der Waals surface area contributed by atoms with E-state index >= 15 is 0 Å². The third kappa shape index (κ3) is 5.04. The second kappa shape index (κ2) is 9.83. The minimum absolute atomic E-state index is 0.193. The molecule has 0 saturated heterocycles. The van der Waals surface area contributed by atoms with Gasteiger partial charge in [-0.2, -0.15) is 5.10 Å². The van der Waals surface area contributed by atoms with Gasteiger partial charge < -0.3 is 15.8 Å². The SMILES string of the molecule is CCc1n[nH]c2nc(-c3cc(NC(=O)c4cc(C)cc(OCCCN)c4)ccc3C)ccc12. The Morgan fingerprint density at radius 2 is 1.97 bits per heavy atom. The van der Waals surface area contributed by atoms with Crippen molar-refractivity contribution in [2.75, 3.05) is 18.5 Å². The van der Waals surface area contributed by atoms with Gasteiger partial charge in [0, 0.05) is 22.2 Å². The van der Waals surface area contributed by atoms with Gasteiger partial charge in [-0.25, -0.2) is 4.98 Å². The Hall–Kier alpha value is -3.71. The Balaban J connectivity index is 1.58. The zero-order valence-corrected chi connectivity index (χ0v) is 19.2. The molecule has 0 aliphatic rings. The average Bonchev–Trinajstić information content (AvgIpc) is 3.22. The maximum absolute atomic E-state index is 13.0. The number of ether oxygens (including phenoxy) is 1. The van der Waals surface area contributed by atoms with Crippen LogP contribution < -0.4 is 15.8 Å². The Bertz CT molecular complexity index is 1300. The van der Waals surface area contributed by atoms with E-state index in [-0.39, 0.29) is 5.91 Å². The molecule has 2 heterocycles. The molecule has 7 heteroatoms. The number of rotatable bonds is 8. The van der Waals surface area contributed by atoms with Gasteiger partial charge >= 0.3 is 0 Å². The van der Waals surface area contributed by atoms with Crippen molar-refractivity contribution in [2.24, 2.45) is 5.73 Å². The highest BCUT2D eigenvalue weighted by atomic mass is 16.5. The third-order valence-corrected chi connectivity index (χ3v) is 5.54. The number of aromatic nitrogens is 3. The number of hydrogen-bond acceptors (Lipinski definition) is 5. The predicted octanol–water partition coefficient (Wildman–Crippen LogP) is 4.78. The summed E-state index contributed by atoms with van der Waals surface area (Å²) >= 11 is 0. The molecule has 0 spiro atoms. The summed E-state index contributed by atoms with van der Waals surface area (Å²) in [5.41, 5.74) is 12.4. The van der Waals surface area contributed by atoms with Gasteiger partial charge in [-0.1, -0.05) is 13.0 Å². The van der Waals surface area contributed by atoms with Gasteiger partial charge in [0.05, 0.1) is 18.0 Å². The normalized spacial score (nSPS) is 11.0. The lowest BCUT2D eigenvalue weighted by Gasteiger charge is -2.12. The first-order chi connectivity index (χ1) is 16.0. The van der Waals surface area contributed by atoms with Crippen LogP contribution in [0.15, 0.2) is 48.5 Å². The van der Waals surface area contributed by atoms with Crippen LogP contribution in [0.25, 0.3) is 22.3 Å². The lowest BCUT2D eigenvalue weighted by molar-refractivity contribution is 0.102. The van der Waals surface area contributed by atoms with Crippen LogP contribution in [0.2, 0.25) is 0 Å².